The molecular formula is C5H8BrN3O2. The number of carbonyl (C=O) groups is 1. The first kappa shape index (κ1) is 10.3. The SMILES string of the molecule is [N-]=[N+]=NCCCOC(=O)CBr. The smallest absolute Gasteiger partial charge is 0.316 e. The number of alkyl halides is 1. The van der Waals surface area contributed by atoms with Gasteiger partial charge in [0.15, 0.2) is 0 Å². The number of azide groups is 1. The summed E-state index contributed by atoms with van der Waals surface area (Å²) >= 11 is 2.94. The third kappa shape index (κ3) is 7.15. The maximum Gasteiger partial charge on any atom is 0.316 e. The highest BCUT2D eigenvalue weighted by Gasteiger charge is 1.96. The first-order valence-corrected chi connectivity index (χ1v) is 4.16. The number of nitrogens with zero attached hydrogens (tertiary/aromatic N) is 3. The molecule has 62 valence electrons. The van der Waals surface area contributed by atoms with Gasteiger partial charge in [-0.3, -0.25) is 4.79 Å². The lowest BCUT2D eigenvalue weighted by molar-refractivity contribution is -0.140. The van der Waals surface area contributed by atoms with Gasteiger partial charge < -0.3 is 4.74 Å². The number of carbonyl (C=O) groups excluding carboxylic acids is 1. The Labute approximate surface area is 72.5 Å². The third-order valence-electron chi connectivity index (χ3n) is 0.838. The van der Waals surface area contributed by atoms with E-state index in [1.807, 2.05) is 0 Å². The maximum absolute atomic E-state index is 10.5. The zero-order chi connectivity index (χ0) is 8.53. The second kappa shape index (κ2) is 7.37. The monoisotopic (exact) mass is 221 g/mol. The summed E-state index contributed by atoms with van der Waals surface area (Å²) in [6.07, 6.45) is 0.572. The fourth-order valence-corrected chi connectivity index (χ4v) is 0.566. The molecular weight excluding hydrogens is 214 g/mol. The van der Waals surface area contributed by atoms with Crippen molar-refractivity contribution in [2.45, 2.75) is 6.42 Å². The lowest BCUT2D eigenvalue weighted by Gasteiger charge is -1.98. The van der Waals surface area contributed by atoms with Gasteiger partial charge in [-0.1, -0.05) is 21.0 Å². The highest BCUT2D eigenvalue weighted by Crippen LogP contribution is 1.88. The zero-order valence-electron chi connectivity index (χ0n) is 5.86. The molecule has 0 aromatic heterocycles. The standard InChI is InChI=1S/C5H8BrN3O2/c6-4-5(10)11-3-1-2-8-9-7/h1-4H2. The molecule has 0 N–H and O–H groups in total. The average molecular weight is 222 g/mol. The van der Waals surface area contributed by atoms with Crippen LogP contribution in [0.2, 0.25) is 0 Å². The van der Waals surface area contributed by atoms with Crippen molar-refractivity contribution >= 4 is 21.9 Å². The second-order valence-corrected chi connectivity index (χ2v) is 2.22. The van der Waals surface area contributed by atoms with E-state index >= 15 is 0 Å². The van der Waals surface area contributed by atoms with Crippen molar-refractivity contribution in [3.63, 3.8) is 0 Å². The summed E-state index contributed by atoms with van der Waals surface area (Å²) < 4.78 is 4.67. The highest BCUT2D eigenvalue weighted by atomic mass is 79.9. The molecule has 0 amide bonds. The summed E-state index contributed by atoms with van der Waals surface area (Å²) in [6, 6.07) is 0. The number of esters is 1. The molecule has 0 unspecified atom stereocenters. The Morgan fingerprint density at radius 2 is 2.45 bits per heavy atom. The summed E-state index contributed by atoms with van der Waals surface area (Å²) in [5.41, 5.74) is 7.86. The summed E-state index contributed by atoms with van der Waals surface area (Å²) in [7, 11) is 0. The Bertz CT molecular complexity index is 167. The normalized spacial score (nSPS) is 8.45. The first-order valence-electron chi connectivity index (χ1n) is 3.03. The molecule has 0 heterocycles. The molecule has 0 bridgehead atoms. The van der Waals surface area contributed by atoms with Gasteiger partial charge in [0.2, 0.25) is 0 Å². The van der Waals surface area contributed by atoms with Crippen LogP contribution in [0.15, 0.2) is 5.11 Å². The minimum atomic E-state index is -0.300. The van der Waals surface area contributed by atoms with Gasteiger partial charge in [0.1, 0.15) is 5.33 Å². The Balaban J connectivity index is 3.14. The van der Waals surface area contributed by atoms with E-state index in [9.17, 15) is 4.79 Å². The molecule has 0 aliphatic rings. The molecule has 0 atom stereocenters. The van der Waals surface area contributed by atoms with Crippen molar-refractivity contribution in [3.8, 4) is 0 Å². The minimum absolute atomic E-state index is 0.203. The first-order chi connectivity index (χ1) is 5.31. The predicted octanol–water partition coefficient (Wildman–Crippen LogP) is 1.62. The number of hydrogen-bond acceptors (Lipinski definition) is 3. The van der Waals surface area contributed by atoms with E-state index in [4.69, 9.17) is 5.53 Å². The Morgan fingerprint density at radius 1 is 1.73 bits per heavy atom. The molecule has 0 rings (SSSR count). The summed E-state index contributed by atoms with van der Waals surface area (Å²) in [5.74, 6) is -0.300. The Morgan fingerprint density at radius 3 is 3.00 bits per heavy atom. The van der Waals surface area contributed by atoms with Gasteiger partial charge in [-0.15, -0.1) is 0 Å². The zero-order valence-corrected chi connectivity index (χ0v) is 7.45. The van der Waals surface area contributed by atoms with Gasteiger partial charge in [-0.25, -0.2) is 0 Å². The Kier molecular flexibility index (Phi) is 6.87. The van der Waals surface area contributed by atoms with Crippen LogP contribution in [0.5, 0.6) is 0 Å². The van der Waals surface area contributed by atoms with E-state index < -0.39 is 0 Å². The third-order valence-corrected chi connectivity index (χ3v) is 1.30. The fraction of sp³-hybridized carbons (Fsp3) is 0.800. The van der Waals surface area contributed by atoms with Crippen LogP contribution >= 0.6 is 15.9 Å². The van der Waals surface area contributed by atoms with Crippen LogP contribution in [-0.2, 0) is 9.53 Å². The van der Waals surface area contributed by atoms with Gasteiger partial charge in [0, 0.05) is 11.5 Å². The second-order valence-electron chi connectivity index (χ2n) is 1.66. The van der Waals surface area contributed by atoms with Crippen molar-refractivity contribution in [1.29, 1.82) is 0 Å². The van der Waals surface area contributed by atoms with E-state index in [1.165, 1.54) is 0 Å². The molecule has 0 aromatic carbocycles. The van der Waals surface area contributed by atoms with E-state index in [2.05, 4.69) is 30.7 Å². The summed E-state index contributed by atoms with van der Waals surface area (Å²) in [5, 5.41) is 3.47. The predicted molar refractivity (Wildman–Crippen MR) is 43.4 cm³/mol. The molecule has 0 aromatic rings. The number of ether oxygens (including phenoxy) is 1. The molecule has 0 spiro atoms. The highest BCUT2D eigenvalue weighted by molar-refractivity contribution is 9.09. The summed E-state index contributed by atoms with van der Waals surface area (Å²) in [4.78, 5) is 13.0. The molecule has 0 radical (unpaired) electrons. The quantitative estimate of drug-likeness (QED) is 0.177. The lowest BCUT2D eigenvalue weighted by atomic mass is 10.5. The van der Waals surface area contributed by atoms with E-state index in [1.54, 1.807) is 0 Å². The van der Waals surface area contributed by atoms with E-state index in [0.29, 0.717) is 19.6 Å². The number of rotatable bonds is 5. The fourth-order valence-electron chi connectivity index (χ4n) is 0.405. The lowest BCUT2D eigenvalue weighted by Crippen LogP contribution is -2.06. The van der Waals surface area contributed by atoms with Crippen LogP contribution in [0.25, 0.3) is 10.4 Å². The van der Waals surface area contributed by atoms with Gasteiger partial charge in [0.05, 0.1) is 6.61 Å². The van der Waals surface area contributed by atoms with Crippen LogP contribution in [0.3, 0.4) is 0 Å². The number of halogens is 1. The minimum Gasteiger partial charge on any atom is -0.465 e. The number of hydrogen-bond donors (Lipinski definition) is 0. The summed E-state index contributed by atoms with van der Waals surface area (Å²) in [6.45, 7) is 0.676. The molecule has 5 nitrogen and oxygen atoms in total. The molecule has 0 aliphatic heterocycles. The van der Waals surface area contributed by atoms with Gasteiger partial charge in [-0.2, -0.15) is 0 Å². The molecule has 0 saturated carbocycles. The molecule has 0 aliphatic carbocycles. The van der Waals surface area contributed by atoms with Crippen LogP contribution < -0.4 is 0 Å². The van der Waals surface area contributed by atoms with Crippen molar-refractivity contribution in [2.24, 2.45) is 5.11 Å². The largest absolute Gasteiger partial charge is 0.465 e. The molecule has 6 heteroatoms. The van der Waals surface area contributed by atoms with E-state index in [0.717, 1.165) is 0 Å². The van der Waals surface area contributed by atoms with Crippen molar-refractivity contribution in [2.75, 3.05) is 18.5 Å². The Hall–Kier alpha value is -0.740. The molecule has 11 heavy (non-hydrogen) atoms. The van der Waals surface area contributed by atoms with Gasteiger partial charge in [0.25, 0.3) is 0 Å². The van der Waals surface area contributed by atoms with Crippen molar-refractivity contribution in [3.05, 3.63) is 10.4 Å². The van der Waals surface area contributed by atoms with Gasteiger partial charge in [-0.05, 0) is 12.0 Å². The van der Waals surface area contributed by atoms with Crippen LogP contribution in [0, 0.1) is 0 Å². The molecule has 0 saturated heterocycles. The average Bonchev–Trinajstić information content (AvgIpc) is 2.04. The van der Waals surface area contributed by atoms with Crippen molar-refractivity contribution in [1.82, 2.24) is 0 Å². The van der Waals surface area contributed by atoms with E-state index in [-0.39, 0.29) is 11.3 Å². The van der Waals surface area contributed by atoms with Crippen LogP contribution in [0.1, 0.15) is 6.42 Å². The topological polar surface area (TPSA) is 75.1 Å². The van der Waals surface area contributed by atoms with Crippen LogP contribution in [0.4, 0.5) is 0 Å². The van der Waals surface area contributed by atoms with Crippen LogP contribution in [-0.4, -0.2) is 24.5 Å². The molecule has 0 fully saturated rings. The maximum atomic E-state index is 10.5. The van der Waals surface area contributed by atoms with Gasteiger partial charge >= 0.3 is 5.97 Å². The van der Waals surface area contributed by atoms with Crippen molar-refractivity contribution < 1.29 is 9.53 Å².